The van der Waals surface area contributed by atoms with Crippen LogP contribution in [0, 0.1) is 11.8 Å². The van der Waals surface area contributed by atoms with Crippen LogP contribution >= 0.6 is 0 Å². The zero-order valence-corrected chi connectivity index (χ0v) is 20.1. The largest absolute Gasteiger partial charge is 0.354 e. The third-order valence-electron chi connectivity index (χ3n) is 6.72. The fourth-order valence-corrected chi connectivity index (χ4v) is 4.76. The highest BCUT2D eigenvalue weighted by molar-refractivity contribution is 5.97. The lowest BCUT2D eigenvalue weighted by molar-refractivity contribution is -0.136. The summed E-state index contributed by atoms with van der Waals surface area (Å²) in [5.74, 6) is 0.192. The van der Waals surface area contributed by atoms with E-state index in [9.17, 15) is 19.2 Å². The molecule has 2 atom stereocenters. The minimum atomic E-state index is -0.428. The van der Waals surface area contributed by atoms with E-state index in [2.05, 4.69) is 10.6 Å². The first-order chi connectivity index (χ1) is 15.3. The number of nitrogens with one attached hydrogen (secondary N) is 2. The minimum Gasteiger partial charge on any atom is -0.354 e. The molecule has 1 saturated heterocycles. The maximum Gasteiger partial charge on any atom is 0.249 e. The van der Waals surface area contributed by atoms with Crippen molar-refractivity contribution in [1.82, 2.24) is 20.4 Å². The highest BCUT2D eigenvalue weighted by Gasteiger charge is 2.35. The van der Waals surface area contributed by atoms with Crippen molar-refractivity contribution >= 4 is 24.1 Å². The van der Waals surface area contributed by atoms with Gasteiger partial charge in [0.05, 0.1) is 12.6 Å². The third kappa shape index (κ3) is 7.07. The molecule has 2 fully saturated rings. The molecule has 2 rings (SSSR count). The molecule has 0 unspecified atom stereocenters. The molecule has 0 bridgehead atoms. The van der Waals surface area contributed by atoms with E-state index in [0.29, 0.717) is 37.4 Å². The molecule has 180 valence electrons. The van der Waals surface area contributed by atoms with Crippen LogP contribution in [0.15, 0.2) is 11.6 Å². The van der Waals surface area contributed by atoms with E-state index in [0.717, 1.165) is 6.42 Å². The lowest BCUT2D eigenvalue weighted by Gasteiger charge is -2.30. The average molecular weight is 449 g/mol. The standard InChI is InChI=1S/C24H40N4O4/c1-17(2)21(27(4)22(30)15-25-16-29)13-18(3)24(32)28-12-8-11-20(28)23(31)26-14-19-9-6-5-7-10-19/h13,16-17,19-21H,5-12,14-15H2,1-4H3,(H,25,29)(H,26,31)/b18-13+/t20-,21+/m0/s1. The number of hydrogen-bond donors (Lipinski definition) is 2. The molecular formula is C24H40N4O4. The van der Waals surface area contributed by atoms with E-state index >= 15 is 0 Å². The van der Waals surface area contributed by atoms with Gasteiger partial charge in [-0.25, -0.2) is 0 Å². The number of likely N-dealkylation sites (N-methyl/N-ethyl adjacent to an activating group) is 1. The Morgan fingerprint density at radius 2 is 1.78 bits per heavy atom. The summed E-state index contributed by atoms with van der Waals surface area (Å²) >= 11 is 0. The molecule has 0 radical (unpaired) electrons. The van der Waals surface area contributed by atoms with Crippen molar-refractivity contribution in [3.8, 4) is 0 Å². The van der Waals surface area contributed by atoms with Crippen LogP contribution in [0.25, 0.3) is 0 Å². The Balaban J connectivity index is 2.02. The van der Waals surface area contributed by atoms with E-state index in [4.69, 9.17) is 0 Å². The van der Waals surface area contributed by atoms with Crippen LogP contribution in [-0.2, 0) is 19.2 Å². The van der Waals surface area contributed by atoms with Gasteiger partial charge in [0.15, 0.2) is 0 Å². The lowest BCUT2D eigenvalue weighted by Crippen LogP contribution is -2.47. The fourth-order valence-electron chi connectivity index (χ4n) is 4.76. The molecule has 8 nitrogen and oxygen atoms in total. The van der Waals surface area contributed by atoms with Crippen LogP contribution in [0.1, 0.15) is 65.7 Å². The predicted molar refractivity (Wildman–Crippen MR) is 124 cm³/mol. The maximum absolute atomic E-state index is 13.2. The molecule has 1 aliphatic carbocycles. The summed E-state index contributed by atoms with van der Waals surface area (Å²) in [6, 6.07) is -0.718. The third-order valence-corrected chi connectivity index (χ3v) is 6.72. The zero-order chi connectivity index (χ0) is 23.7. The second-order valence-corrected chi connectivity index (χ2v) is 9.49. The maximum atomic E-state index is 13.2. The van der Waals surface area contributed by atoms with Crippen molar-refractivity contribution in [3.63, 3.8) is 0 Å². The Morgan fingerprint density at radius 3 is 2.41 bits per heavy atom. The smallest absolute Gasteiger partial charge is 0.249 e. The van der Waals surface area contributed by atoms with Crippen molar-refractivity contribution in [2.24, 2.45) is 11.8 Å². The first-order valence-corrected chi connectivity index (χ1v) is 12.0. The number of carbonyl (C=O) groups excluding carboxylic acids is 4. The number of nitrogens with zero attached hydrogens (tertiary/aromatic N) is 2. The Bertz CT molecular complexity index is 700. The second-order valence-electron chi connectivity index (χ2n) is 9.49. The van der Waals surface area contributed by atoms with Gasteiger partial charge in [0, 0.05) is 25.7 Å². The summed E-state index contributed by atoms with van der Waals surface area (Å²) in [7, 11) is 1.67. The van der Waals surface area contributed by atoms with Gasteiger partial charge in [-0.1, -0.05) is 39.2 Å². The van der Waals surface area contributed by atoms with Crippen molar-refractivity contribution < 1.29 is 19.2 Å². The van der Waals surface area contributed by atoms with Crippen LogP contribution in [0.2, 0.25) is 0 Å². The van der Waals surface area contributed by atoms with E-state index in [1.165, 1.54) is 32.1 Å². The Labute approximate surface area is 192 Å². The van der Waals surface area contributed by atoms with Gasteiger partial charge in [-0.3, -0.25) is 19.2 Å². The molecule has 1 aliphatic heterocycles. The van der Waals surface area contributed by atoms with Gasteiger partial charge in [0.2, 0.25) is 24.1 Å². The average Bonchev–Trinajstić information content (AvgIpc) is 3.28. The molecular weight excluding hydrogens is 408 g/mol. The van der Waals surface area contributed by atoms with E-state index in [-0.39, 0.29) is 36.2 Å². The summed E-state index contributed by atoms with van der Waals surface area (Å²) in [6.07, 6.45) is 9.88. The first-order valence-electron chi connectivity index (χ1n) is 12.0. The molecule has 32 heavy (non-hydrogen) atoms. The van der Waals surface area contributed by atoms with Gasteiger partial charge in [0.1, 0.15) is 6.04 Å². The normalized spacial score (nSPS) is 20.7. The predicted octanol–water partition coefficient (Wildman–Crippen LogP) is 1.85. The first kappa shape index (κ1) is 25.9. The van der Waals surface area contributed by atoms with Crippen LogP contribution in [-0.4, -0.2) is 72.7 Å². The molecule has 0 aromatic rings. The lowest BCUT2D eigenvalue weighted by atomic mass is 9.89. The zero-order valence-electron chi connectivity index (χ0n) is 20.1. The van der Waals surface area contributed by atoms with Gasteiger partial charge in [-0.05, 0) is 44.4 Å². The number of hydrogen-bond acceptors (Lipinski definition) is 4. The van der Waals surface area contributed by atoms with Crippen molar-refractivity contribution in [3.05, 3.63) is 11.6 Å². The highest BCUT2D eigenvalue weighted by Crippen LogP contribution is 2.24. The number of carbonyl (C=O) groups is 4. The van der Waals surface area contributed by atoms with Gasteiger partial charge >= 0.3 is 0 Å². The van der Waals surface area contributed by atoms with Gasteiger partial charge in [-0.15, -0.1) is 0 Å². The topological polar surface area (TPSA) is 98.8 Å². The Hall–Kier alpha value is -2.38. The van der Waals surface area contributed by atoms with Crippen molar-refractivity contribution in [1.29, 1.82) is 0 Å². The number of likely N-dealkylation sites (tertiary alicyclic amines) is 1. The summed E-state index contributed by atoms with van der Waals surface area (Å²) in [5, 5.41) is 5.47. The number of amides is 4. The van der Waals surface area contributed by atoms with Gasteiger partial charge in [-0.2, -0.15) is 0 Å². The molecule has 2 N–H and O–H groups in total. The number of rotatable bonds is 10. The minimum absolute atomic E-state index is 0.0538. The summed E-state index contributed by atoms with van der Waals surface area (Å²) in [4.78, 5) is 52.1. The molecule has 1 saturated carbocycles. The Kier molecular flexibility index (Phi) is 10.2. The quantitative estimate of drug-likeness (QED) is 0.394. The van der Waals surface area contributed by atoms with Gasteiger partial charge < -0.3 is 20.4 Å². The van der Waals surface area contributed by atoms with Crippen molar-refractivity contribution in [2.75, 3.05) is 26.7 Å². The fraction of sp³-hybridized carbons (Fsp3) is 0.750. The molecule has 0 spiro atoms. The van der Waals surface area contributed by atoms with Crippen LogP contribution in [0.5, 0.6) is 0 Å². The van der Waals surface area contributed by atoms with E-state index in [1.807, 2.05) is 13.8 Å². The van der Waals surface area contributed by atoms with E-state index < -0.39 is 6.04 Å². The highest BCUT2D eigenvalue weighted by atomic mass is 16.2. The molecule has 0 aromatic heterocycles. The van der Waals surface area contributed by atoms with Crippen LogP contribution < -0.4 is 10.6 Å². The SMILES string of the molecule is C/C(=C\[C@H](C(C)C)N(C)C(=O)CNC=O)C(=O)N1CCC[C@H]1C(=O)NCC1CCCCC1. The summed E-state index contributed by atoms with van der Waals surface area (Å²) in [5.41, 5.74) is 0.527. The van der Waals surface area contributed by atoms with Crippen LogP contribution in [0.4, 0.5) is 0 Å². The molecule has 8 heteroatoms. The summed E-state index contributed by atoms with van der Waals surface area (Å²) in [6.45, 7) is 6.88. The van der Waals surface area contributed by atoms with Crippen molar-refractivity contribution in [2.45, 2.75) is 77.8 Å². The van der Waals surface area contributed by atoms with E-state index in [1.54, 1.807) is 29.8 Å². The van der Waals surface area contributed by atoms with Crippen LogP contribution in [0.3, 0.4) is 0 Å². The molecule has 2 aliphatic rings. The Morgan fingerprint density at radius 1 is 1.09 bits per heavy atom. The molecule has 4 amide bonds. The molecule has 1 heterocycles. The van der Waals surface area contributed by atoms with Gasteiger partial charge in [0.25, 0.3) is 0 Å². The summed E-state index contributed by atoms with van der Waals surface area (Å²) < 4.78 is 0. The monoisotopic (exact) mass is 448 g/mol. The second kappa shape index (κ2) is 12.6. The molecule has 0 aromatic carbocycles.